The molecule has 0 aromatic heterocycles. The van der Waals surface area contributed by atoms with Crippen LogP contribution in [0.2, 0.25) is 0 Å². The minimum Gasteiger partial charge on any atom is -0.492 e. The van der Waals surface area contributed by atoms with E-state index in [1.165, 1.54) is 12.1 Å². The van der Waals surface area contributed by atoms with Crippen LogP contribution in [-0.2, 0) is 0 Å². The zero-order valence-electron chi connectivity index (χ0n) is 10.5. The predicted octanol–water partition coefficient (Wildman–Crippen LogP) is 3.12. The van der Waals surface area contributed by atoms with E-state index in [1.807, 2.05) is 0 Å². The van der Waals surface area contributed by atoms with Gasteiger partial charge in [0.15, 0.2) is 0 Å². The number of nitrogens with one attached hydrogen (secondary N) is 1. The van der Waals surface area contributed by atoms with Gasteiger partial charge in [-0.2, -0.15) is 0 Å². The first kappa shape index (κ1) is 13.9. The van der Waals surface area contributed by atoms with Crippen molar-refractivity contribution < 1.29 is 13.5 Å². The molecule has 0 amide bonds. The molecule has 0 atom stereocenters. The van der Waals surface area contributed by atoms with Gasteiger partial charge in [0.1, 0.15) is 24.0 Å². The molecule has 4 heteroatoms. The van der Waals surface area contributed by atoms with Crippen LogP contribution in [0, 0.1) is 11.6 Å². The van der Waals surface area contributed by atoms with Gasteiger partial charge in [0, 0.05) is 30.3 Å². The third-order valence-corrected chi connectivity index (χ3v) is 2.69. The normalized spacial score (nSPS) is 11.6. The van der Waals surface area contributed by atoms with E-state index in [2.05, 4.69) is 26.1 Å². The molecule has 17 heavy (non-hydrogen) atoms. The maximum atomic E-state index is 12.8. The third-order valence-electron chi connectivity index (χ3n) is 2.69. The van der Waals surface area contributed by atoms with Crippen LogP contribution in [0.4, 0.5) is 8.78 Å². The maximum absolute atomic E-state index is 12.8. The average molecular weight is 243 g/mol. The fourth-order valence-corrected chi connectivity index (χ4v) is 1.30. The number of hydrogen-bond acceptors (Lipinski definition) is 2. The molecule has 1 aromatic rings. The van der Waals surface area contributed by atoms with Crippen LogP contribution in [0.1, 0.15) is 27.2 Å². The van der Waals surface area contributed by atoms with E-state index in [4.69, 9.17) is 4.74 Å². The Hall–Kier alpha value is -1.16. The molecule has 0 unspecified atom stereocenters. The second-order valence-corrected chi connectivity index (χ2v) is 4.62. The Labute approximate surface area is 101 Å². The highest BCUT2D eigenvalue weighted by molar-refractivity contribution is 5.23. The highest BCUT2D eigenvalue weighted by Crippen LogP contribution is 2.15. The molecular weight excluding hydrogens is 224 g/mol. The summed E-state index contributed by atoms with van der Waals surface area (Å²) in [6.45, 7) is 7.30. The van der Waals surface area contributed by atoms with Crippen LogP contribution in [0.5, 0.6) is 5.75 Å². The van der Waals surface area contributed by atoms with Gasteiger partial charge >= 0.3 is 0 Å². The Morgan fingerprint density at radius 3 is 2.29 bits per heavy atom. The number of rotatable bonds is 6. The molecule has 0 spiro atoms. The Bertz CT molecular complexity index is 346. The summed E-state index contributed by atoms with van der Waals surface area (Å²) in [5.74, 6) is -1.03. The van der Waals surface area contributed by atoms with Crippen LogP contribution in [0.15, 0.2) is 18.2 Å². The first-order valence-corrected chi connectivity index (χ1v) is 5.77. The van der Waals surface area contributed by atoms with E-state index in [9.17, 15) is 8.78 Å². The van der Waals surface area contributed by atoms with Gasteiger partial charge in [-0.3, -0.25) is 0 Å². The first-order chi connectivity index (χ1) is 7.93. The molecule has 1 rings (SSSR count). The number of benzene rings is 1. The Kier molecular flexibility index (Phi) is 4.87. The van der Waals surface area contributed by atoms with Crippen LogP contribution in [0.3, 0.4) is 0 Å². The smallest absolute Gasteiger partial charge is 0.129 e. The van der Waals surface area contributed by atoms with Crippen LogP contribution in [-0.4, -0.2) is 18.7 Å². The summed E-state index contributed by atoms with van der Waals surface area (Å²) in [6, 6.07) is 3.17. The van der Waals surface area contributed by atoms with Crippen molar-refractivity contribution >= 4 is 0 Å². The molecule has 0 saturated carbocycles. The second-order valence-electron chi connectivity index (χ2n) is 4.62. The molecule has 0 heterocycles. The highest BCUT2D eigenvalue weighted by atomic mass is 19.1. The number of ether oxygens (including phenoxy) is 1. The summed E-state index contributed by atoms with van der Waals surface area (Å²) < 4.78 is 31.0. The molecule has 0 aliphatic rings. The molecule has 1 aromatic carbocycles. The summed E-state index contributed by atoms with van der Waals surface area (Å²) >= 11 is 0. The lowest BCUT2D eigenvalue weighted by Crippen LogP contribution is -2.40. The molecular formula is C13H19F2NO. The van der Waals surface area contributed by atoms with Crippen molar-refractivity contribution in [1.82, 2.24) is 5.32 Å². The van der Waals surface area contributed by atoms with Gasteiger partial charge in [-0.25, -0.2) is 8.78 Å². The Morgan fingerprint density at radius 2 is 1.76 bits per heavy atom. The average Bonchev–Trinajstić information content (AvgIpc) is 2.23. The van der Waals surface area contributed by atoms with Crippen molar-refractivity contribution in [3.05, 3.63) is 29.8 Å². The van der Waals surface area contributed by atoms with Crippen molar-refractivity contribution in [3.8, 4) is 5.75 Å². The predicted molar refractivity (Wildman–Crippen MR) is 64.2 cm³/mol. The van der Waals surface area contributed by atoms with Crippen molar-refractivity contribution in [2.24, 2.45) is 0 Å². The highest BCUT2D eigenvalue weighted by Gasteiger charge is 2.12. The SMILES string of the molecule is CCC(C)(C)NCCOc1cc(F)cc(F)c1. The molecule has 0 aliphatic heterocycles. The van der Waals surface area contributed by atoms with Crippen LogP contribution in [0.25, 0.3) is 0 Å². The van der Waals surface area contributed by atoms with Gasteiger partial charge < -0.3 is 10.1 Å². The van der Waals surface area contributed by atoms with Crippen molar-refractivity contribution in [3.63, 3.8) is 0 Å². The first-order valence-electron chi connectivity index (χ1n) is 5.77. The summed E-state index contributed by atoms with van der Waals surface area (Å²) in [7, 11) is 0. The molecule has 0 fully saturated rings. The summed E-state index contributed by atoms with van der Waals surface area (Å²) in [5, 5.41) is 3.30. The van der Waals surface area contributed by atoms with Gasteiger partial charge in [0.25, 0.3) is 0 Å². The van der Waals surface area contributed by atoms with Gasteiger partial charge in [0.2, 0.25) is 0 Å². The van der Waals surface area contributed by atoms with Crippen molar-refractivity contribution in [2.45, 2.75) is 32.7 Å². The van der Waals surface area contributed by atoms with Crippen LogP contribution >= 0.6 is 0 Å². The topological polar surface area (TPSA) is 21.3 Å². The summed E-state index contributed by atoms with van der Waals surface area (Å²) in [4.78, 5) is 0. The third kappa shape index (κ3) is 5.13. The minimum atomic E-state index is -0.623. The van der Waals surface area contributed by atoms with E-state index in [1.54, 1.807) is 0 Å². The van der Waals surface area contributed by atoms with Gasteiger partial charge in [0.05, 0.1) is 0 Å². The molecule has 1 N–H and O–H groups in total. The van der Waals surface area contributed by atoms with Crippen molar-refractivity contribution in [2.75, 3.05) is 13.2 Å². The lowest BCUT2D eigenvalue weighted by atomic mass is 10.0. The molecule has 0 radical (unpaired) electrons. The lowest BCUT2D eigenvalue weighted by Gasteiger charge is -2.24. The molecule has 0 aliphatic carbocycles. The fourth-order valence-electron chi connectivity index (χ4n) is 1.30. The molecule has 0 bridgehead atoms. The molecule has 0 saturated heterocycles. The largest absolute Gasteiger partial charge is 0.492 e. The molecule has 2 nitrogen and oxygen atoms in total. The molecule has 96 valence electrons. The standard InChI is InChI=1S/C13H19F2NO/c1-4-13(2,3)16-5-6-17-12-8-10(14)7-11(15)9-12/h7-9,16H,4-6H2,1-3H3. The summed E-state index contributed by atoms with van der Waals surface area (Å²) in [6.07, 6.45) is 1.00. The second kappa shape index (κ2) is 5.96. The van der Waals surface area contributed by atoms with E-state index >= 15 is 0 Å². The van der Waals surface area contributed by atoms with Crippen LogP contribution < -0.4 is 10.1 Å². The van der Waals surface area contributed by atoms with Gasteiger partial charge in [-0.05, 0) is 20.3 Å². The zero-order chi connectivity index (χ0) is 12.9. The maximum Gasteiger partial charge on any atom is 0.129 e. The zero-order valence-corrected chi connectivity index (χ0v) is 10.5. The fraction of sp³-hybridized carbons (Fsp3) is 0.538. The van der Waals surface area contributed by atoms with E-state index in [-0.39, 0.29) is 11.3 Å². The minimum absolute atomic E-state index is 0.0521. The van der Waals surface area contributed by atoms with E-state index < -0.39 is 11.6 Å². The lowest BCUT2D eigenvalue weighted by molar-refractivity contribution is 0.279. The number of halogens is 2. The van der Waals surface area contributed by atoms with Gasteiger partial charge in [-0.1, -0.05) is 6.92 Å². The summed E-state index contributed by atoms with van der Waals surface area (Å²) in [5.41, 5.74) is 0.0521. The van der Waals surface area contributed by atoms with Gasteiger partial charge in [-0.15, -0.1) is 0 Å². The van der Waals surface area contributed by atoms with Crippen molar-refractivity contribution in [1.29, 1.82) is 0 Å². The Morgan fingerprint density at radius 1 is 1.18 bits per heavy atom. The number of hydrogen-bond donors (Lipinski definition) is 1. The quantitative estimate of drug-likeness (QED) is 0.775. The van der Waals surface area contributed by atoms with E-state index in [0.717, 1.165) is 12.5 Å². The van der Waals surface area contributed by atoms with E-state index in [0.29, 0.717) is 13.2 Å². The monoisotopic (exact) mass is 243 g/mol. The Balaban J connectivity index is 2.36.